The third-order valence-corrected chi connectivity index (χ3v) is 27.7. The van der Waals surface area contributed by atoms with Crippen molar-refractivity contribution in [2.45, 2.75) is 156 Å². The van der Waals surface area contributed by atoms with E-state index in [4.69, 9.17) is 38.3 Å². The largest absolute Gasteiger partial charge is 0.508 e. The Morgan fingerprint density at radius 2 is 0.641 bits per heavy atom. The zero-order valence-corrected chi connectivity index (χ0v) is 86.5. The number of alkyl halides is 1. The molecule has 0 bridgehead atoms. The van der Waals surface area contributed by atoms with Crippen LogP contribution in [0.2, 0.25) is 0 Å². The first kappa shape index (κ1) is 104. The van der Waals surface area contributed by atoms with E-state index in [-0.39, 0.29) is 28.5 Å². The molecule has 4 aliphatic rings. The maximum Gasteiger partial charge on any atom is 0.119 e. The van der Waals surface area contributed by atoms with Crippen LogP contribution < -0.4 is 38.2 Å². The minimum Gasteiger partial charge on any atom is -0.508 e. The number of ether oxygens (including phenoxy) is 7. The lowest BCUT2D eigenvalue weighted by atomic mass is 10.1. The highest BCUT2D eigenvalue weighted by Crippen LogP contribution is 2.40. The van der Waals surface area contributed by atoms with Crippen molar-refractivity contribution >= 4 is 66.1 Å². The van der Waals surface area contributed by atoms with Crippen molar-refractivity contribution in [3.8, 4) is 74.3 Å². The van der Waals surface area contributed by atoms with Crippen molar-refractivity contribution in [1.82, 2.24) is 28.7 Å². The van der Waals surface area contributed by atoms with Crippen molar-refractivity contribution in [2.24, 2.45) is 5.10 Å². The molecule has 0 atom stereocenters. The van der Waals surface area contributed by atoms with E-state index in [1.54, 1.807) is 18.2 Å². The van der Waals surface area contributed by atoms with Crippen LogP contribution >= 0.6 is 32.9 Å². The molecule has 0 saturated carbocycles. The monoisotopic (exact) mass is 2030 g/mol. The third-order valence-electron chi connectivity index (χ3n) is 27.0. The van der Waals surface area contributed by atoms with Crippen LogP contribution in [0, 0.1) is 20.8 Å². The van der Waals surface area contributed by atoms with Crippen molar-refractivity contribution in [1.29, 1.82) is 0 Å². The number of rotatable bonds is 38. The highest BCUT2D eigenvalue weighted by atomic mass is 79.9. The Kier molecular flexibility index (Phi) is 39.9. The molecule has 2 N–H and O–H groups in total. The van der Waals surface area contributed by atoms with Crippen LogP contribution in [0.25, 0.3) is 44.3 Å². The molecule has 0 amide bonds. The number of fused-ring (bicyclic) bond motifs is 2. The first-order valence-electron chi connectivity index (χ1n) is 51.0. The smallest absolute Gasteiger partial charge is 0.119 e. The number of aryl methyl sites for hydroxylation is 3. The Labute approximate surface area is 860 Å². The van der Waals surface area contributed by atoms with Gasteiger partial charge in [0.15, 0.2) is 0 Å². The van der Waals surface area contributed by atoms with Crippen LogP contribution in [0.4, 0.5) is 5.69 Å². The summed E-state index contributed by atoms with van der Waals surface area (Å²) in [6, 6.07) is 109. The Morgan fingerprint density at radius 1 is 0.324 bits per heavy atom. The van der Waals surface area contributed by atoms with E-state index in [2.05, 4.69) is 265 Å². The predicted octanol–water partition coefficient (Wildman–Crippen LogP) is 27.9. The zero-order valence-electron chi connectivity index (χ0n) is 83.2. The Balaban J connectivity index is 0.000000149. The predicted molar refractivity (Wildman–Crippen MR) is 591 cm³/mol. The lowest BCUT2D eigenvalue weighted by molar-refractivity contribution is 0.183. The average molecular weight is 2030 g/mol. The van der Waals surface area contributed by atoms with Crippen molar-refractivity contribution in [3.63, 3.8) is 0 Å². The van der Waals surface area contributed by atoms with E-state index in [0.717, 1.165) is 166 Å². The van der Waals surface area contributed by atoms with Gasteiger partial charge in [-0.1, -0.05) is 200 Å². The molecule has 0 radical (unpaired) electrons. The number of hydrogen-bond donors (Lipinski definition) is 2. The summed E-state index contributed by atoms with van der Waals surface area (Å²) in [5.41, 5.74) is 22.0. The molecule has 0 unspecified atom stereocenters. The number of piperidine rings is 4. The van der Waals surface area contributed by atoms with Gasteiger partial charge in [-0.15, -0.1) is 17.0 Å². The molecule has 15 aromatic rings. The second kappa shape index (κ2) is 54.6. The van der Waals surface area contributed by atoms with Gasteiger partial charge >= 0.3 is 0 Å². The van der Waals surface area contributed by atoms with Crippen molar-refractivity contribution in [3.05, 3.63) is 383 Å². The maximum absolute atomic E-state index is 10.1. The molecular formula is C123H140Br2N8O9. The number of benzene rings is 13. The van der Waals surface area contributed by atoms with Gasteiger partial charge in [0.2, 0.25) is 0 Å². The van der Waals surface area contributed by atoms with E-state index in [1.165, 1.54) is 185 Å². The Morgan fingerprint density at radius 3 is 1.01 bits per heavy atom. The number of phenols is 2. The Bertz CT molecular complexity index is 6290. The van der Waals surface area contributed by atoms with E-state index >= 15 is 0 Å². The number of hydrogen-bond acceptors (Lipinski definition) is 15. The number of phenolic OH excluding ortho intramolecular Hbond substituents is 2. The summed E-state index contributed by atoms with van der Waals surface area (Å²) in [6.07, 6.45) is 16.8. The maximum atomic E-state index is 10.1. The van der Waals surface area contributed by atoms with E-state index in [9.17, 15) is 10.2 Å². The molecule has 19 rings (SSSR count). The number of halogens is 2. The fourth-order valence-corrected chi connectivity index (χ4v) is 19.5. The molecule has 13 aromatic carbocycles. The second-order valence-electron chi connectivity index (χ2n) is 37.4. The summed E-state index contributed by atoms with van der Waals surface area (Å²) >= 11 is 3.44. The number of aromatic hydroxyl groups is 2. The summed E-state index contributed by atoms with van der Waals surface area (Å²) in [6.45, 7) is 29.0. The van der Waals surface area contributed by atoms with Gasteiger partial charge in [-0.05, 0) is 374 Å². The quantitative estimate of drug-likeness (QED) is 0.0215. The Hall–Kier alpha value is -12.6. The SMILES string of the molecule is Br.BrCc1ccc(OCCN2CCCCC2)cc1.CCC(=NN(Cc1ccc(OCCN2CCCCC2)cc1)c1ccc(OCc2ccccc2)cc1)c1ccc(OCc2ccccc2)cc1.Cc1c(-c2ccc(O)cc2)n(Cc2ccc(OCCN3CCCCC3)cc2)c2ccc(O)cc12.Cc1ccc2c(c1)c(C)c(-c1ccc(OCc3ccccc3)cc1)n2Cc1ccc(OCCN2CCCCC2)cc1. The third kappa shape index (κ3) is 31.0. The van der Waals surface area contributed by atoms with Crippen LogP contribution in [0.15, 0.2) is 327 Å². The lowest BCUT2D eigenvalue weighted by Crippen LogP contribution is -2.33. The van der Waals surface area contributed by atoms with Gasteiger partial charge in [0, 0.05) is 66.4 Å². The fraction of sp³-hybridized carbons (Fsp3) is 0.325. The molecule has 4 aliphatic heterocycles. The first-order chi connectivity index (χ1) is 69.3. The molecule has 17 nitrogen and oxygen atoms in total. The zero-order chi connectivity index (χ0) is 97.0. The average Bonchev–Trinajstić information content (AvgIpc) is 1.61. The van der Waals surface area contributed by atoms with Crippen LogP contribution in [0.1, 0.15) is 152 Å². The summed E-state index contributed by atoms with van der Waals surface area (Å²) in [5, 5.41) is 30.4. The van der Waals surface area contributed by atoms with Crippen molar-refractivity contribution < 1.29 is 43.4 Å². The molecule has 0 aliphatic carbocycles. The molecule has 2 aromatic heterocycles. The number of likely N-dealkylation sites (tertiary alicyclic amines) is 4. The van der Waals surface area contributed by atoms with Crippen LogP contribution in [0.5, 0.6) is 51.7 Å². The van der Waals surface area contributed by atoms with E-state index in [1.807, 2.05) is 115 Å². The highest BCUT2D eigenvalue weighted by Gasteiger charge is 2.23. The molecule has 0 spiro atoms. The molecule has 4 fully saturated rings. The fourth-order valence-electron chi connectivity index (χ4n) is 19.1. The van der Waals surface area contributed by atoms with E-state index < -0.39 is 0 Å². The molecule has 6 heterocycles. The van der Waals surface area contributed by atoms with Crippen LogP contribution in [-0.2, 0) is 44.8 Å². The molecular weight excluding hydrogens is 1890 g/mol. The topological polar surface area (TPSA) is 143 Å². The summed E-state index contributed by atoms with van der Waals surface area (Å²) in [5.74, 6) is 6.78. The number of nitrogens with zero attached hydrogens (tertiary/aromatic N) is 8. The molecule has 19 heteroatoms. The summed E-state index contributed by atoms with van der Waals surface area (Å²) < 4.78 is 46.9. The molecule has 4 saturated heterocycles. The highest BCUT2D eigenvalue weighted by molar-refractivity contribution is 9.08. The van der Waals surface area contributed by atoms with E-state index in [0.29, 0.717) is 39.5 Å². The van der Waals surface area contributed by atoms with Crippen LogP contribution in [0.3, 0.4) is 0 Å². The minimum atomic E-state index is 0. The molecule has 740 valence electrons. The van der Waals surface area contributed by atoms with Crippen LogP contribution in [-0.4, -0.2) is 150 Å². The van der Waals surface area contributed by atoms with Gasteiger partial charge in [-0.3, -0.25) is 24.6 Å². The van der Waals surface area contributed by atoms with Gasteiger partial charge in [0.1, 0.15) is 98.0 Å². The van der Waals surface area contributed by atoms with Gasteiger partial charge in [-0.2, -0.15) is 5.10 Å². The second-order valence-corrected chi connectivity index (χ2v) is 38.0. The summed E-state index contributed by atoms with van der Waals surface area (Å²) in [7, 11) is 0. The van der Waals surface area contributed by atoms with Gasteiger partial charge in [0.25, 0.3) is 0 Å². The number of aromatic nitrogens is 2. The standard InChI is InChI=1S/C43H47N3O3.C37H40N2O2.C29H32N2O3.C14H20BrNO.BrH/c1-2-43(38-18-24-41(25-19-38)48-33-36-12-6-3-7-13-36)44-46(39-20-26-42(27-21-39)49-34-37-14-8-4-9-15-37)32-35-16-22-40(23-17-35)47-31-30-45-28-10-5-11-29-45;1-28-11-20-36-35(25-28)29(2)37(32-14-18-34(19-15-32)41-27-31-9-5-3-6-10-31)39(36)26-30-12-16-33(17-13-30)40-24-23-38-21-7-4-8-22-38;1-21-27-19-25(33)11-14-28(27)31(29(21)23-7-9-24(32)10-8-23)20-22-5-12-26(13-6-22)34-18-17-30-15-3-2-4-16-30;15-12-13-4-6-14(7-5-13)17-11-10-16-8-2-1-3-9-16;/h3-4,6-9,12-27H,2,5,10-11,28-34H2,1H3;3,5-6,9-20,25H,4,7-8,21-24,26-27H2,1-2H3;5-14,19,32-33H,2-4,15-18,20H2,1H3;4-7H,1-3,8-12H2;1H. The number of anilines is 1. The molecule has 142 heavy (non-hydrogen) atoms. The van der Waals surface area contributed by atoms with Crippen molar-refractivity contribution in [2.75, 3.05) is 110 Å². The number of hydrazone groups is 1. The van der Waals surface area contributed by atoms with Gasteiger partial charge < -0.3 is 52.5 Å². The lowest BCUT2D eigenvalue weighted by Gasteiger charge is -2.26. The first-order valence-corrected chi connectivity index (χ1v) is 52.1. The van der Waals surface area contributed by atoms with Gasteiger partial charge in [0.05, 0.1) is 29.3 Å². The van der Waals surface area contributed by atoms with Gasteiger partial charge in [-0.25, -0.2) is 0 Å². The normalized spacial score (nSPS) is 14.2. The minimum absolute atomic E-state index is 0. The summed E-state index contributed by atoms with van der Waals surface area (Å²) in [4.78, 5) is 10.0.